The number of aryl methyl sites for hydroxylation is 1. The van der Waals surface area contributed by atoms with Crippen molar-refractivity contribution < 1.29 is 14.7 Å². The lowest BCUT2D eigenvalue weighted by Crippen LogP contribution is -2.16. The van der Waals surface area contributed by atoms with E-state index in [0.29, 0.717) is 10.6 Å². The molecule has 1 amide bonds. The molecule has 0 atom stereocenters. The number of hydrogen-bond acceptors (Lipinski definition) is 5. The highest BCUT2D eigenvalue weighted by Gasteiger charge is 2.15. The summed E-state index contributed by atoms with van der Waals surface area (Å²) < 4.78 is 0. The lowest BCUT2D eigenvalue weighted by Gasteiger charge is -2.00. The summed E-state index contributed by atoms with van der Waals surface area (Å²) >= 11 is 0.963. The molecule has 3 N–H and O–H groups in total. The fraction of sp³-hybridized carbons (Fsp3) is 0.0909. The van der Waals surface area contributed by atoms with Gasteiger partial charge in [0.05, 0.1) is 11.2 Å². The smallest absolute Gasteiger partial charge is 0.346 e. The van der Waals surface area contributed by atoms with E-state index in [1.807, 2.05) is 0 Å². The summed E-state index contributed by atoms with van der Waals surface area (Å²) in [7, 11) is 0. The Morgan fingerprint density at radius 1 is 1.47 bits per heavy atom. The van der Waals surface area contributed by atoms with Crippen molar-refractivity contribution >= 4 is 28.2 Å². The highest BCUT2D eigenvalue weighted by Crippen LogP contribution is 2.26. The molecular formula is C11H9N3O4S. The van der Waals surface area contributed by atoms with Crippen molar-refractivity contribution in [3.8, 4) is 0 Å². The van der Waals surface area contributed by atoms with Gasteiger partial charge in [-0.15, -0.1) is 11.3 Å². The monoisotopic (exact) mass is 279 g/mol. The number of thiophene rings is 1. The standard InChI is InChI=1S/C11H9N3O4S/c1-5-2-8(19-9(5)11(17)18)14-10(16)6-3-13-7(15)4-12-6/h2-4H,1H3,(H,13,15)(H,14,16)(H,17,18). The molecule has 2 rings (SSSR count). The van der Waals surface area contributed by atoms with Crippen LogP contribution in [-0.2, 0) is 0 Å². The van der Waals surface area contributed by atoms with E-state index in [1.54, 1.807) is 13.0 Å². The number of carboxylic acid groups (broad SMARTS) is 1. The summed E-state index contributed by atoms with van der Waals surface area (Å²) in [6.07, 6.45) is 2.19. The van der Waals surface area contributed by atoms with Gasteiger partial charge in [0.25, 0.3) is 11.5 Å². The van der Waals surface area contributed by atoms with E-state index in [0.717, 1.165) is 17.5 Å². The summed E-state index contributed by atoms with van der Waals surface area (Å²) in [4.78, 5) is 39.6. The van der Waals surface area contributed by atoms with Gasteiger partial charge in [-0.1, -0.05) is 0 Å². The van der Waals surface area contributed by atoms with Crippen LogP contribution in [0.15, 0.2) is 23.3 Å². The zero-order valence-corrected chi connectivity index (χ0v) is 10.6. The third kappa shape index (κ3) is 2.86. The molecule has 2 heterocycles. The summed E-state index contributed by atoms with van der Waals surface area (Å²) in [5.74, 6) is -1.56. The van der Waals surface area contributed by atoms with Crippen molar-refractivity contribution in [2.45, 2.75) is 6.92 Å². The van der Waals surface area contributed by atoms with Gasteiger partial charge in [-0.2, -0.15) is 0 Å². The lowest BCUT2D eigenvalue weighted by atomic mass is 10.3. The number of carbonyl (C=O) groups excluding carboxylic acids is 1. The maximum atomic E-state index is 11.8. The highest BCUT2D eigenvalue weighted by molar-refractivity contribution is 7.18. The number of anilines is 1. The molecule has 0 saturated carbocycles. The van der Waals surface area contributed by atoms with Crippen molar-refractivity contribution in [1.29, 1.82) is 0 Å². The normalized spacial score (nSPS) is 10.2. The van der Waals surface area contributed by atoms with Crippen LogP contribution in [0.1, 0.15) is 25.7 Å². The molecule has 0 saturated heterocycles. The third-order valence-corrected chi connectivity index (χ3v) is 3.39. The van der Waals surface area contributed by atoms with Gasteiger partial charge in [0.1, 0.15) is 10.6 Å². The Balaban J connectivity index is 2.19. The van der Waals surface area contributed by atoms with Crippen molar-refractivity contribution in [2.24, 2.45) is 0 Å². The minimum atomic E-state index is -1.04. The fourth-order valence-electron chi connectivity index (χ4n) is 1.40. The van der Waals surface area contributed by atoms with Gasteiger partial charge in [-0.3, -0.25) is 9.59 Å². The SMILES string of the molecule is Cc1cc(NC(=O)c2c[nH]c(=O)cn2)sc1C(=O)O. The molecule has 0 unspecified atom stereocenters. The summed E-state index contributed by atoms with van der Waals surface area (Å²) in [5, 5.41) is 11.8. The zero-order chi connectivity index (χ0) is 14.0. The van der Waals surface area contributed by atoms with Crippen LogP contribution in [0, 0.1) is 6.92 Å². The third-order valence-electron chi connectivity index (χ3n) is 2.25. The first-order chi connectivity index (χ1) is 8.97. The number of nitrogens with one attached hydrogen (secondary N) is 2. The molecule has 0 radical (unpaired) electrons. The molecule has 98 valence electrons. The summed E-state index contributed by atoms with van der Waals surface area (Å²) in [6.45, 7) is 1.65. The number of hydrogen-bond donors (Lipinski definition) is 3. The summed E-state index contributed by atoms with van der Waals surface area (Å²) in [6, 6.07) is 1.57. The number of amides is 1. The van der Waals surface area contributed by atoms with Crippen LogP contribution in [0.25, 0.3) is 0 Å². The van der Waals surface area contributed by atoms with Gasteiger partial charge in [0, 0.05) is 6.20 Å². The number of aromatic nitrogens is 2. The largest absolute Gasteiger partial charge is 0.477 e. The number of carboxylic acids is 1. The van der Waals surface area contributed by atoms with Crippen molar-refractivity contribution in [3.63, 3.8) is 0 Å². The van der Waals surface area contributed by atoms with E-state index < -0.39 is 17.4 Å². The second-order valence-electron chi connectivity index (χ2n) is 3.68. The van der Waals surface area contributed by atoms with Gasteiger partial charge in [0.2, 0.25) is 0 Å². The van der Waals surface area contributed by atoms with E-state index in [9.17, 15) is 14.4 Å². The maximum Gasteiger partial charge on any atom is 0.346 e. The van der Waals surface area contributed by atoms with Crippen LogP contribution >= 0.6 is 11.3 Å². The minimum Gasteiger partial charge on any atom is -0.477 e. The van der Waals surface area contributed by atoms with Gasteiger partial charge in [-0.25, -0.2) is 9.78 Å². The zero-order valence-electron chi connectivity index (χ0n) is 9.76. The molecule has 0 fully saturated rings. The first kappa shape index (κ1) is 13.0. The number of rotatable bonds is 3. The van der Waals surface area contributed by atoms with E-state index in [-0.39, 0.29) is 10.6 Å². The predicted molar refractivity (Wildman–Crippen MR) is 68.8 cm³/mol. The van der Waals surface area contributed by atoms with Crippen LogP contribution in [0.3, 0.4) is 0 Å². The number of H-pyrrole nitrogens is 1. The Morgan fingerprint density at radius 3 is 2.74 bits per heavy atom. The number of carbonyl (C=O) groups is 2. The molecule has 0 spiro atoms. The quantitative estimate of drug-likeness (QED) is 0.778. The average Bonchev–Trinajstić information content (AvgIpc) is 2.71. The second kappa shape index (κ2) is 5.02. The van der Waals surface area contributed by atoms with Crippen LogP contribution in [0.5, 0.6) is 0 Å². The topological polar surface area (TPSA) is 112 Å². The number of aromatic carboxylic acids is 1. The molecule has 2 aromatic rings. The number of nitrogens with zero attached hydrogens (tertiary/aromatic N) is 1. The van der Waals surface area contributed by atoms with E-state index in [4.69, 9.17) is 5.11 Å². The van der Waals surface area contributed by atoms with Crippen molar-refractivity contribution in [3.05, 3.63) is 44.9 Å². The van der Waals surface area contributed by atoms with Crippen LogP contribution in [0.2, 0.25) is 0 Å². The van der Waals surface area contributed by atoms with Gasteiger partial charge >= 0.3 is 5.97 Å². The molecule has 2 aromatic heterocycles. The van der Waals surface area contributed by atoms with E-state index in [2.05, 4.69) is 15.3 Å². The first-order valence-corrected chi connectivity index (χ1v) is 5.99. The number of aromatic amines is 1. The summed E-state index contributed by atoms with van der Waals surface area (Å²) in [5.41, 5.74) is 0.210. The Kier molecular flexibility index (Phi) is 3.43. The second-order valence-corrected chi connectivity index (χ2v) is 4.73. The molecule has 0 aromatic carbocycles. The molecule has 0 aliphatic rings. The Morgan fingerprint density at radius 2 is 2.21 bits per heavy atom. The Hall–Kier alpha value is -2.48. The lowest BCUT2D eigenvalue weighted by molar-refractivity contribution is 0.0701. The minimum absolute atomic E-state index is 0.0440. The van der Waals surface area contributed by atoms with Crippen molar-refractivity contribution in [2.75, 3.05) is 5.32 Å². The highest BCUT2D eigenvalue weighted by atomic mass is 32.1. The molecule has 19 heavy (non-hydrogen) atoms. The van der Waals surface area contributed by atoms with Gasteiger partial charge < -0.3 is 15.4 Å². The fourth-order valence-corrected chi connectivity index (χ4v) is 2.30. The van der Waals surface area contributed by atoms with Gasteiger partial charge in [0.15, 0.2) is 0 Å². The van der Waals surface area contributed by atoms with E-state index in [1.165, 1.54) is 6.20 Å². The first-order valence-electron chi connectivity index (χ1n) is 5.17. The molecule has 7 nitrogen and oxygen atoms in total. The Labute approximate surface area is 110 Å². The molecule has 0 bridgehead atoms. The molecule has 0 aliphatic carbocycles. The van der Waals surface area contributed by atoms with E-state index >= 15 is 0 Å². The molecular weight excluding hydrogens is 270 g/mol. The molecule has 0 aliphatic heterocycles. The average molecular weight is 279 g/mol. The predicted octanol–water partition coefficient (Wildman–Crippen LogP) is 1.09. The van der Waals surface area contributed by atoms with Gasteiger partial charge in [-0.05, 0) is 18.6 Å². The van der Waals surface area contributed by atoms with Crippen LogP contribution < -0.4 is 10.9 Å². The van der Waals surface area contributed by atoms with Crippen LogP contribution in [0.4, 0.5) is 5.00 Å². The molecule has 8 heteroatoms. The van der Waals surface area contributed by atoms with Crippen molar-refractivity contribution in [1.82, 2.24) is 9.97 Å². The maximum absolute atomic E-state index is 11.8. The van der Waals surface area contributed by atoms with Crippen LogP contribution in [-0.4, -0.2) is 27.0 Å². The Bertz CT molecular complexity index is 684.